The van der Waals surface area contributed by atoms with Crippen LogP contribution in [0.2, 0.25) is 0 Å². The molecule has 4 nitrogen and oxygen atoms in total. The monoisotopic (exact) mass is 504 g/mol. The van der Waals surface area contributed by atoms with Crippen LogP contribution in [0.5, 0.6) is 0 Å². The molecule has 4 fully saturated rings. The Labute approximate surface area is 215 Å². The van der Waals surface area contributed by atoms with Crippen molar-refractivity contribution in [1.82, 2.24) is 9.97 Å². The largest absolute Gasteiger partial charge is 0.460 e. The molecule has 1 aromatic carbocycles. The summed E-state index contributed by atoms with van der Waals surface area (Å²) in [6.45, 7) is 0.325. The molecule has 182 valence electrons. The summed E-state index contributed by atoms with van der Waals surface area (Å²) in [4.78, 5) is 26.0. The van der Waals surface area contributed by atoms with Crippen LogP contribution in [0.3, 0.4) is 0 Å². The second kappa shape index (κ2) is 8.88. The third-order valence-corrected chi connectivity index (χ3v) is 11.0. The van der Waals surface area contributed by atoms with Crippen LogP contribution in [-0.2, 0) is 34.4 Å². The van der Waals surface area contributed by atoms with E-state index in [9.17, 15) is 4.79 Å². The van der Waals surface area contributed by atoms with Gasteiger partial charge in [-0.25, -0.2) is 9.97 Å². The van der Waals surface area contributed by atoms with Crippen LogP contribution in [-0.4, -0.2) is 21.7 Å². The van der Waals surface area contributed by atoms with Gasteiger partial charge in [0.2, 0.25) is 0 Å². The number of thioether (sulfide) groups is 1. The summed E-state index contributed by atoms with van der Waals surface area (Å²) in [5.74, 6) is 3.79. The zero-order valence-corrected chi connectivity index (χ0v) is 21.8. The first-order valence-corrected chi connectivity index (χ1v) is 15.1. The number of aryl methyl sites for hydroxylation is 2. The van der Waals surface area contributed by atoms with Gasteiger partial charge < -0.3 is 4.74 Å². The maximum absolute atomic E-state index is 12.7. The van der Waals surface area contributed by atoms with Gasteiger partial charge >= 0.3 is 5.97 Å². The van der Waals surface area contributed by atoms with Gasteiger partial charge in [-0.15, -0.1) is 11.3 Å². The van der Waals surface area contributed by atoms with Crippen LogP contribution >= 0.6 is 23.1 Å². The molecule has 8 rings (SSSR count). The van der Waals surface area contributed by atoms with Gasteiger partial charge in [-0.05, 0) is 93.1 Å². The predicted octanol–water partition coefficient (Wildman–Crippen LogP) is 6.87. The number of rotatable bonds is 6. The molecule has 5 aliphatic carbocycles. The van der Waals surface area contributed by atoms with Gasteiger partial charge in [0, 0.05) is 15.7 Å². The molecule has 0 atom stereocenters. The predicted molar refractivity (Wildman–Crippen MR) is 141 cm³/mol. The Morgan fingerprint density at radius 2 is 1.71 bits per heavy atom. The minimum absolute atomic E-state index is 0.163. The van der Waals surface area contributed by atoms with E-state index in [0.717, 1.165) is 51.8 Å². The maximum Gasteiger partial charge on any atom is 0.316 e. The molecule has 0 spiro atoms. The summed E-state index contributed by atoms with van der Waals surface area (Å²) in [6.07, 6.45) is 12.8. The minimum Gasteiger partial charge on any atom is -0.460 e. The fraction of sp³-hybridized carbons (Fsp3) is 0.552. The SMILES string of the molecule is O=C(CSc1nc(C23CC4CC(CC(C4)C2)C3)nc2sc3c(c12)CCCC3)OCc1ccccc1. The van der Waals surface area contributed by atoms with Gasteiger partial charge in [-0.3, -0.25) is 4.79 Å². The van der Waals surface area contributed by atoms with Crippen molar-refractivity contribution in [1.29, 1.82) is 0 Å². The lowest BCUT2D eigenvalue weighted by molar-refractivity contribution is -0.141. The molecular weight excluding hydrogens is 472 g/mol. The molecule has 0 aliphatic heterocycles. The second-order valence-electron chi connectivity index (χ2n) is 11.4. The van der Waals surface area contributed by atoms with Gasteiger partial charge in [-0.2, -0.15) is 0 Å². The number of hydrogen-bond acceptors (Lipinski definition) is 6. The van der Waals surface area contributed by atoms with Gasteiger partial charge in [0.05, 0.1) is 5.75 Å². The Morgan fingerprint density at radius 3 is 2.46 bits per heavy atom. The number of ether oxygens (including phenoxy) is 1. The minimum atomic E-state index is -0.175. The number of nitrogens with zero attached hydrogens (tertiary/aromatic N) is 2. The first kappa shape index (κ1) is 22.3. The molecule has 2 aromatic heterocycles. The average molecular weight is 505 g/mol. The van der Waals surface area contributed by atoms with Crippen molar-refractivity contribution in [2.75, 3.05) is 5.75 Å². The Bertz CT molecular complexity index is 1230. The molecule has 2 heterocycles. The van der Waals surface area contributed by atoms with E-state index >= 15 is 0 Å². The number of carbonyl (C=O) groups is 1. The summed E-state index contributed by atoms with van der Waals surface area (Å²) in [6, 6.07) is 9.90. The summed E-state index contributed by atoms with van der Waals surface area (Å²) >= 11 is 3.46. The molecule has 3 aromatic rings. The zero-order valence-electron chi connectivity index (χ0n) is 20.1. The Morgan fingerprint density at radius 1 is 1.00 bits per heavy atom. The highest BCUT2D eigenvalue weighted by Gasteiger charge is 2.53. The smallest absolute Gasteiger partial charge is 0.316 e. The molecule has 4 saturated carbocycles. The molecule has 0 radical (unpaired) electrons. The number of fused-ring (bicyclic) bond motifs is 3. The normalized spacial score (nSPS) is 28.9. The lowest BCUT2D eigenvalue weighted by atomic mass is 9.49. The third kappa shape index (κ3) is 4.11. The molecular formula is C29H32N2O2S2. The molecule has 5 aliphatic rings. The molecule has 4 bridgehead atoms. The van der Waals surface area contributed by atoms with Crippen LogP contribution < -0.4 is 0 Å². The van der Waals surface area contributed by atoms with Crippen LogP contribution in [0, 0.1) is 17.8 Å². The van der Waals surface area contributed by atoms with Crippen molar-refractivity contribution in [2.24, 2.45) is 17.8 Å². The van der Waals surface area contributed by atoms with E-state index in [-0.39, 0.29) is 11.4 Å². The van der Waals surface area contributed by atoms with Gasteiger partial charge in [0.25, 0.3) is 0 Å². The summed E-state index contributed by atoms with van der Waals surface area (Å²) in [5, 5.41) is 2.26. The van der Waals surface area contributed by atoms with E-state index in [4.69, 9.17) is 14.7 Å². The highest BCUT2D eigenvalue weighted by molar-refractivity contribution is 8.00. The quantitative estimate of drug-likeness (QED) is 0.208. The lowest BCUT2D eigenvalue weighted by Crippen LogP contribution is -2.49. The zero-order chi connectivity index (χ0) is 23.4. The van der Waals surface area contributed by atoms with E-state index in [2.05, 4.69) is 0 Å². The van der Waals surface area contributed by atoms with Gasteiger partial charge in [0.1, 0.15) is 22.3 Å². The van der Waals surface area contributed by atoms with Gasteiger partial charge in [0.15, 0.2) is 0 Å². The molecule has 0 saturated heterocycles. The van der Waals surface area contributed by atoms with E-state index in [1.165, 1.54) is 67.2 Å². The molecule has 0 N–H and O–H groups in total. The Kier molecular flexibility index (Phi) is 5.65. The number of thiophene rings is 1. The second-order valence-corrected chi connectivity index (χ2v) is 13.4. The van der Waals surface area contributed by atoms with E-state index in [1.54, 1.807) is 11.8 Å². The topological polar surface area (TPSA) is 52.1 Å². The fourth-order valence-electron chi connectivity index (χ4n) is 7.76. The average Bonchev–Trinajstić information content (AvgIpc) is 3.25. The Balaban J connectivity index is 1.19. The fourth-order valence-corrected chi connectivity index (χ4v) is 9.94. The summed E-state index contributed by atoms with van der Waals surface area (Å²) in [5.41, 5.74) is 2.64. The maximum atomic E-state index is 12.7. The molecule has 0 unspecified atom stereocenters. The first-order chi connectivity index (χ1) is 17.1. The van der Waals surface area contributed by atoms with Gasteiger partial charge in [-0.1, -0.05) is 42.1 Å². The van der Waals surface area contributed by atoms with Crippen LogP contribution in [0.15, 0.2) is 35.4 Å². The van der Waals surface area contributed by atoms with Crippen LogP contribution in [0.25, 0.3) is 10.2 Å². The number of carbonyl (C=O) groups excluding carboxylic acids is 1. The van der Waals surface area contributed by atoms with Crippen molar-refractivity contribution >= 4 is 39.3 Å². The van der Waals surface area contributed by atoms with Crippen LogP contribution in [0.1, 0.15) is 73.2 Å². The van der Waals surface area contributed by atoms with Crippen molar-refractivity contribution in [3.63, 3.8) is 0 Å². The Hall–Kier alpha value is -1.92. The summed E-state index contributed by atoms with van der Waals surface area (Å²) in [7, 11) is 0. The van der Waals surface area contributed by atoms with E-state index < -0.39 is 0 Å². The van der Waals surface area contributed by atoms with Crippen LogP contribution in [0.4, 0.5) is 0 Å². The van der Waals surface area contributed by atoms with Crippen molar-refractivity contribution in [3.8, 4) is 0 Å². The van der Waals surface area contributed by atoms with E-state index in [1.807, 2.05) is 41.7 Å². The highest BCUT2D eigenvalue weighted by Crippen LogP contribution is 2.60. The number of benzene rings is 1. The number of esters is 1. The summed E-state index contributed by atoms with van der Waals surface area (Å²) < 4.78 is 5.59. The van der Waals surface area contributed by atoms with Crippen molar-refractivity contribution < 1.29 is 9.53 Å². The lowest BCUT2D eigenvalue weighted by Gasteiger charge is -2.56. The molecule has 6 heteroatoms. The van der Waals surface area contributed by atoms with Crippen molar-refractivity contribution in [3.05, 3.63) is 52.2 Å². The first-order valence-electron chi connectivity index (χ1n) is 13.3. The van der Waals surface area contributed by atoms with E-state index in [0.29, 0.717) is 12.4 Å². The van der Waals surface area contributed by atoms with Crippen molar-refractivity contribution in [2.45, 2.75) is 81.3 Å². The molecule has 0 amide bonds. The number of aromatic nitrogens is 2. The molecule has 35 heavy (non-hydrogen) atoms. The number of hydrogen-bond donors (Lipinski definition) is 0. The highest BCUT2D eigenvalue weighted by atomic mass is 32.2. The third-order valence-electron chi connectivity index (χ3n) is 8.86. The standard InChI is InChI=1S/C29H32N2O2S2/c32-24(33-16-18-6-2-1-3-7-18)17-34-26-25-22-8-4-5-9-23(22)35-27(25)31-28(30-26)29-13-19-10-20(14-29)12-21(11-19)15-29/h1-3,6-7,19-21H,4-5,8-17H2.